The van der Waals surface area contributed by atoms with Crippen LogP contribution in [0.25, 0.3) is 6.08 Å². The van der Waals surface area contributed by atoms with E-state index in [1.165, 1.54) is 0 Å². The van der Waals surface area contributed by atoms with E-state index in [4.69, 9.17) is 23.4 Å². The highest BCUT2D eigenvalue weighted by Crippen LogP contribution is 2.32. The van der Waals surface area contributed by atoms with Crippen LogP contribution in [-0.2, 0) is 9.59 Å². The number of hydrogen-bond donors (Lipinski definition) is 0. The molecule has 2 fully saturated rings. The minimum Gasteiger partial charge on any atom is -0.338 e. The van der Waals surface area contributed by atoms with Gasteiger partial charge in [0.1, 0.15) is 6.54 Å². The van der Waals surface area contributed by atoms with Crippen molar-refractivity contribution in [1.82, 2.24) is 14.2 Å². The molecule has 0 unspecified atom stereocenters. The maximum absolute atomic E-state index is 12.4. The van der Waals surface area contributed by atoms with Gasteiger partial charge in [0, 0.05) is 31.2 Å². The summed E-state index contributed by atoms with van der Waals surface area (Å²) in [7, 11) is 0. The lowest BCUT2D eigenvalue weighted by molar-refractivity contribution is -0.136. The van der Waals surface area contributed by atoms with Crippen molar-refractivity contribution in [3.8, 4) is 0 Å². The number of amides is 3. The topological polar surface area (TPSA) is 60.9 Å². The first-order valence-electron chi connectivity index (χ1n) is 7.63. The van der Waals surface area contributed by atoms with Gasteiger partial charge in [-0.25, -0.2) is 4.42 Å². The fourth-order valence-electron chi connectivity index (χ4n) is 2.51. The first kappa shape index (κ1) is 18.3. The molecule has 0 spiro atoms. The van der Waals surface area contributed by atoms with Gasteiger partial charge in [-0.2, -0.15) is 0 Å². The van der Waals surface area contributed by atoms with Gasteiger partial charge in [0.2, 0.25) is 5.91 Å². The van der Waals surface area contributed by atoms with Gasteiger partial charge in [-0.15, -0.1) is 0 Å². The van der Waals surface area contributed by atoms with Crippen molar-refractivity contribution in [2.45, 2.75) is 0 Å². The standard InChI is InChI=1S/C16H15Cl2N3O3S/c17-12-3-1-11(2-4-12)9-13-15(23)21(16(24)25-13)10-14(22)19-5-7-20(18)8-6-19/h1-4,9H,5-8,10H2. The Morgan fingerprint density at radius 1 is 1.12 bits per heavy atom. The molecule has 2 aliphatic heterocycles. The molecule has 0 saturated carbocycles. The molecular weight excluding hydrogens is 385 g/mol. The van der Waals surface area contributed by atoms with Crippen LogP contribution < -0.4 is 0 Å². The molecule has 3 rings (SSSR count). The molecule has 25 heavy (non-hydrogen) atoms. The zero-order chi connectivity index (χ0) is 18.0. The molecule has 0 radical (unpaired) electrons. The van der Waals surface area contributed by atoms with Crippen LogP contribution in [0.5, 0.6) is 0 Å². The molecule has 132 valence electrons. The molecule has 2 heterocycles. The van der Waals surface area contributed by atoms with Crippen molar-refractivity contribution < 1.29 is 14.4 Å². The quantitative estimate of drug-likeness (QED) is 0.577. The second-order valence-corrected chi connectivity index (χ2v) is 7.52. The van der Waals surface area contributed by atoms with E-state index in [9.17, 15) is 14.4 Å². The Balaban J connectivity index is 1.67. The summed E-state index contributed by atoms with van der Waals surface area (Å²) >= 11 is 12.5. The van der Waals surface area contributed by atoms with Gasteiger partial charge in [-0.1, -0.05) is 23.7 Å². The van der Waals surface area contributed by atoms with Crippen molar-refractivity contribution in [2.24, 2.45) is 0 Å². The van der Waals surface area contributed by atoms with Gasteiger partial charge in [0.05, 0.1) is 4.91 Å². The number of halogens is 2. The lowest BCUT2D eigenvalue weighted by Gasteiger charge is -2.31. The first-order chi connectivity index (χ1) is 11.9. The Hall–Kier alpha value is -1.54. The van der Waals surface area contributed by atoms with Crippen LogP contribution in [0.4, 0.5) is 4.79 Å². The first-order valence-corrected chi connectivity index (χ1v) is 9.17. The molecule has 2 saturated heterocycles. The third-order valence-corrected chi connectivity index (χ3v) is 5.41. The number of nitrogens with zero attached hydrogens (tertiary/aromatic N) is 3. The number of rotatable bonds is 3. The Labute approximate surface area is 159 Å². The zero-order valence-electron chi connectivity index (χ0n) is 13.2. The van der Waals surface area contributed by atoms with E-state index in [2.05, 4.69) is 0 Å². The smallest absolute Gasteiger partial charge is 0.294 e. The molecule has 0 aromatic heterocycles. The molecule has 0 bridgehead atoms. The molecule has 1 aromatic carbocycles. The summed E-state index contributed by atoms with van der Waals surface area (Å²) in [5, 5.41) is 0.155. The number of carbonyl (C=O) groups excluding carboxylic acids is 3. The summed E-state index contributed by atoms with van der Waals surface area (Å²) in [4.78, 5) is 39.8. The van der Waals surface area contributed by atoms with E-state index in [-0.39, 0.29) is 12.5 Å². The maximum atomic E-state index is 12.4. The number of imide groups is 1. The molecule has 0 N–H and O–H groups in total. The Bertz CT molecular complexity index is 731. The molecule has 0 atom stereocenters. The largest absolute Gasteiger partial charge is 0.338 e. The van der Waals surface area contributed by atoms with Crippen LogP contribution in [0.3, 0.4) is 0 Å². The average molecular weight is 400 g/mol. The predicted molar refractivity (Wildman–Crippen MR) is 98.1 cm³/mol. The van der Waals surface area contributed by atoms with E-state index in [1.807, 2.05) is 0 Å². The Kier molecular flexibility index (Phi) is 5.68. The minimum absolute atomic E-state index is 0.245. The number of piperazine rings is 1. The van der Waals surface area contributed by atoms with E-state index >= 15 is 0 Å². The van der Waals surface area contributed by atoms with E-state index in [0.717, 1.165) is 22.2 Å². The Morgan fingerprint density at radius 2 is 1.76 bits per heavy atom. The van der Waals surface area contributed by atoms with Crippen LogP contribution in [0.15, 0.2) is 29.2 Å². The van der Waals surface area contributed by atoms with Crippen molar-refractivity contribution in [1.29, 1.82) is 0 Å². The van der Waals surface area contributed by atoms with Crippen molar-refractivity contribution in [3.05, 3.63) is 39.8 Å². The molecule has 6 nitrogen and oxygen atoms in total. The summed E-state index contributed by atoms with van der Waals surface area (Å²) in [6.07, 6.45) is 1.62. The molecule has 9 heteroatoms. The van der Waals surface area contributed by atoms with Gasteiger partial charge in [0.15, 0.2) is 0 Å². The molecule has 3 amide bonds. The van der Waals surface area contributed by atoms with Gasteiger partial charge >= 0.3 is 0 Å². The molecular formula is C16H15Cl2N3O3S. The van der Waals surface area contributed by atoms with Crippen LogP contribution in [0.2, 0.25) is 5.02 Å². The summed E-state index contributed by atoms with van der Waals surface area (Å²) in [5.41, 5.74) is 0.763. The second kappa shape index (κ2) is 7.78. The zero-order valence-corrected chi connectivity index (χ0v) is 15.5. The van der Waals surface area contributed by atoms with Crippen LogP contribution in [-0.4, -0.2) is 64.0 Å². The second-order valence-electron chi connectivity index (χ2n) is 5.61. The number of carbonyl (C=O) groups is 3. The molecule has 1 aromatic rings. The summed E-state index contributed by atoms with van der Waals surface area (Å²) in [6.45, 7) is 1.85. The SMILES string of the molecule is O=C(CN1C(=O)SC(=Cc2ccc(Cl)cc2)C1=O)N1CCN(Cl)CC1. The molecule has 0 aliphatic carbocycles. The van der Waals surface area contributed by atoms with E-state index < -0.39 is 11.1 Å². The maximum Gasteiger partial charge on any atom is 0.294 e. The lowest BCUT2D eigenvalue weighted by Crippen LogP contribution is -2.49. The van der Waals surface area contributed by atoms with Gasteiger partial charge in [0.25, 0.3) is 11.1 Å². The van der Waals surface area contributed by atoms with Crippen LogP contribution in [0.1, 0.15) is 5.56 Å². The van der Waals surface area contributed by atoms with Crippen molar-refractivity contribution >= 4 is 58.3 Å². The fraction of sp³-hybridized carbons (Fsp3) is 0.312. The van der Waals surface area contributed by atoms with Crippen molar-refractivity contribution in [3.63, 3.8) is 0 Å². The normalized spacial score (nSPS) is 20.6. The molecule has 2 aliphatic rings. The third-order valence-electron chi connectivity index (χ3n) is 3.91. The monoisotopic (exact) mass is 399 g/mol. The lowest BCUT2D eigenvalue weighted by atomic mass is 10.2. The summed E-state index contributed by atoms with van der Waals surface area (Å²) in [5.74, 6) is -0.700. The van der Waals surface area contributed by atoms with Crippen LogP contribution >= 0.6 is 35.1 Å². The van der Waals surface area contributed by atoms with Gasteiger partial charge in [-0.3, -0.25) is 19.3 Å². The Morgan fingerprint density at radius 3 is 2.40 bits per heavy atom. The van der Waals surface area contributed by atoms with Crippen LogP contribution in [0, 0.1) is 0 Å². The highest BCUT2D eigenvalue weighted by molar-refractivity contribution is 8.18. The van der Waals surface area contributed by atoms with Gasteiger partial charge < -0.3 is 4.90 Å². The highest BCUT2D eigenvalue weighted by Gasteiger charge is 2.37. The summed E-state index contributed by atoms with van der Waals surface area (Å²) < 4.78 is 1.61. The number of hydrogen-bond acceptors (Lipinski definition) is 5. The highest BCUT2D eigenvalue weighted by atomic mass is 35.5. The van der Waals surface area contributed by atoms with E-state index in [1.54, 1.807) is 39.7 Å². The fourth-order valence-corrected chi connectivity index (χ4v) is 3.63. The average Bonchev–Trinajstić information content (AvgIpc) is 2.85. The van der Waals surface area contributed by atoms with Gasteiger partial charge in [-0.05, 0) is 47.3 Å². The van der Waals surface area contributed by atoms with E-state index in [0.29, 0.717) is 36.1 Å². The third kappa shape index (κ3) is 4.36. The number of benzene rings is 1. The predicted octanol–water partition coefficient (Wildman–Crippen LogP) is 2.67. The minimum atomic E-state index is -0.450. The summed E-state index contributed by atoms with van der Waals surface area (Å²) in [6, 6.07) is 6.93. The number of thioether (sulfide) groups is 1. The van der Waals surface area contributed by atoms with Crippen molar-refractivity contribution in [2.75, 3.05) is 32.7 Å².